The van der Waals surface area contributed by atoms with Crippen molar-refractivity contribution in [2.24, 2.45) is 0 Å². The number of fused-ring (bicyclic) bond motifs is 1. The predicted octanol–water partition coefficient (Wildman–Crippen LogP) is 4.91. The molecule has 2 heterocycles. The van der Waals surface area contributed by atoms with Crippen LogP contribution >= 0.6 is 11.8 Å². The van der Waals surface area contributed by atoms with Crippen molar-refractivity contribution in [2.45, 2.75) is 25.4 Å². The van der Waals surface area contributed by atoms with E-state index in [0.29, 0.717) is 17.2 Å². The fourth-order valence-electron chi connectivity index (χ4n) is 3.81. The third-order valence-electron chi connectivity index (χ3n) is 5.71. The van der Waals surface area contributed by atoms with Gasteiger partial charge in [0.05, 0.1) is 32.7 Å². The highest BCUT2D eigenvalue weighted by molar-refractivity contribution is 7.98. The third-order valence-corrected chi connectivity index (χ3v) is 6.68. The van der Waals surface area contributed by atoms with Crippen molar-refractivity contribution in [1.29, 1.82) is 0 Å². The van der Waals surface area contributed by atoms with Crippen LogP contribution in [0.4, 0.5) is 5.82 Å². The van der Waals surface area contributed by atoms with Crippen molar-refractivity contribution in [2.75, 3.05) is 26.6 Å². The predicted molar refractivity (Wildman–Crippen MR) is 132 cm³/mol. The second-order valence-corrected chi connectivity index (χ2v) is 8.66. The number of aryl methyl sites for hydroxylation is 1. The van der Waals surface area contributed by atoms with Crippen LogP contribution in [0.5, 0.6) is 17.2 Å². The lowest BCUT2D eigenvalue weighted by Crippen LogP contribution is -2.14. The van der Waals surface area contributed by atoms with Gasteiger partial charge in [0.2, 0.25) is 11.7 Å². The van der Waals surface area contributed by atoms with Gasteiger partial charge in [-0.15, -0.1) is 0 Å². The average Bonchev–Trinajstić information content (AvgIpc) is 3.41. The number of nitrogens with zero attached hydrogens (tertiary/aromatic N) is 2. The fraction of sp³-hybridized carbons (Fsp3) is 0.280. The summed E-state index contributed by atoms with van der Waals surface area (Å²) in [5, 5.41) is 7.87. The lowest BCUT2D eigenvalue weighted by Gasteiger charge is -2.14. The zero-order chi connectivity index (χ0) is 23.5. The molecule has 7 nitrogen and oxygen atoms in total. The first kappa shape index (κ1) is 22.8. The molecule has 1 N–H and O–H groups in total. The summed E-state index contributed by atoms with van der Waals surface area (Å²) in [5.74, 6) is 3.72. The van der Waals surface area contributed by atoms with Gasteiger partial charge in [-0.25, -0.2) is 4.68 Å². The molecule has 2 aromatic carbocycles. The van der Waals surface area contributed by atoms with Gasteiger partial charge >= 0.3 is 0 Å². The second kappa shape index (κ2) is 9.62. The molecule has 3 aromatic rings. The molecule has 4 rings (SSSR count). The molecule has 1 aliphatic heterocycles. The van der Waals surface area contributed by atoms with Crippen LogP contribution < -0.4 is 19.5 Å². The monoisotopic (exact) mass is 465 g/mol. The normalized spacial score (nSPS) is 12.6. The Bertz CT molecular complexity index is 1210. The number of carbonyl (C=O) groups excluding carboxylic acids is 1. The molecule has 0 aliphatic carbocycles. The van der Waals surface area contributed by atoms with E-state index in [1.54, 1.807) is 51.3 Å². The van der Waals surface area contributed by atoms with E-state index in [-0.39, 0.29) is 5.91 Å². The van der Waals surface area contributed by atoms with E-state index < -0.39 is 0 Å². The molecular formula is C25H27N3O4S. The molecule has 1 amide bonds. The molecule has 0 atom stereocenters. The number of hydrogen-bond acceptors (Lipinski definition) is 6. The first-order chi connectivity index (χ1) is 16.0. The quantitative estimate of drug-likeness (QED) is 0.500. The molecule has 0 saturated carbocycles. The average molecular weight is 466 g/mol. The van der Waals surface area contributed by atoms with Crippen LogP contribution in [0.1, 0.15) is 27.9 Å². The van der Waals surface area contributed by atoms with Crippen LogP contribution in [0.25, 0.3) is 11.8 Å². The van der Waals surface area contributed by atoms with Crippen molar-refractivity contribution in [3.05, 3.63) is 64.4 Å². The number of anilines is 1. The minimum Gasteiger partial charge on any atom is -0.493 e. The molecule has 1 aliphatic rings. The van der Waals surface area contributed by atoms with E-state index in [0.717, 1.165) is 45.4 Å². The summed E-state index contributed by atoms with van der Waals surface area (Å²) in [6.07, 6.45) is 3.21. The van der Waals surface area contributed by atoms with Crippen molar-refractivity contribution in [3.63, 3.8) is 0 Å². The van der Waals surface area contributed by atoms with Gasteiger partial charge in [0.25, 0.3) is 0 Å². The number of ether oxygens (including phenoxy) is 3. The summed E-state index contributed by atoms with van der Waals surface area (Å²) in [7, 11) is 4.67. The van der Waals surface area contributed by atoms with Crippen LogP contribution in [0, 0.1) is 13.8 Å². The Balaban J connectivity index is 1.64. The minimum absolute atomic E-state index is 0.241. The van der Waals surface area contributed by atoms with Crippen molar-refractivity contribution in [1.82, 2.24) is 9.78 Å². The van der Waals surface area contributed by atoms with E-state index in [2.05, 4.69) is 25.2 Å². The Morgan fingerprint density at radius 2 is 1.82 bits per heavy atom. The van der Waals surface area contributed by atoms with Crippen molar-refractivity contribution < 1.29 is 19.0 Å². The first-order valence-electron chi connectivity index (χ1n) is 10.5. The number of amides is 1. The summed E-state index contributed by atoms with van der Waals surface area (Å²) in [5.41, 5.74) is 6.13. The Morgan fingerprint density at radius 3 is 2.48 bits per heavy atom. The number of benzene rings is 2. The Kier molecular flexibility index (Phi) is 6.65. The maximum Gasteiger partial charge on any atom is 0.249 e. The lowest BCUT2D eigenvalue weighted by molar-refractivity contribution is -0.111. The van der Waals surface area contributed by atoms with E-state index in [1.165, 1.54) is 11.6 Å². The Labute approximate surface area is 197 Å². The van der Waals surface area contributed by atoms with E-state index >= 15 is 0 Å². The number of thioether (sulfide) groups is 1. The number of nitrogens with one attached hydrogen (secondary N) is 1. The smallest absolute Gasteiger partial charge is 0.249 e. The fourth-order valence-corrected chi connectivity index (χ4v) is 4.84. The molecule has 0 unspecified atom stereocenters. The van der Waals surface area contributed by atoms with Gasteiger partial charge in [-0.1, -0.05) is 12.1 Å². The third kappa shape index (κ3) is 4.43. The van der Waals surface area contributed by atoms with Gasteiger partial charge in [-0.2, -0.15) is 16.9 Å². The highest BCUT2D eigenvalue weighted by atomic mass is 32.2. The molecule has 172 valence electrons. The van der Waals surface area contributed by atoms with E-state index in [9.17, 15) is 4.79 Å². The number of aromatic nitrogens is 2. The Hall–Kier alpha value is -3.39. The van der Waals surface area contributed by atoms with Gasteiger partial charge in [0.1, 0.15) is 5.82 Å². The topological polar surface area (TPSA) is 74.6 Å². The van der Waals surface area contributed by atoms with Crippen molar-refractivity contribution in [3.8, 4) is 22.9 Å². The first-order valence-corrected chi connectivity index (χ1v) is 11.7. The van der Waals surface area contributed by atoms with Crippen LogP contribution in [0.2, 0.25) is 0 Å². The lowest BCUT2D eigenvalue weighted by atomic mass is 10.1. The van der Waals surface area contributed by atoms with E-state index in [4.69, 9.17) is 19.3 Å². The van der Waals surface area contributed by atoms with Crippen LogP contribution in [0.15, 0.2) is 36.4 Å². The molecule has 0 spiro atoms. The second-order valence-electron chi connectivity index (χ2n) is 7.68. The number of hydrogen-bond donors (Lipinski definition) is 1. The van der Waals surface area contributed by atoms with Crippen LogP contribution in [0.3, 0.4) is 0 Å². The zero-order valence-corrected chi connectivity index (χ0v) is 20.2. The molecule has 0 radical (unpaired) electrons. The highest BCUT2D eigenvalue weighted by Gasteiger charge is 2.25. The largest absolute Gasteiger partial charge is 0.493 e. The summed E-state index contributed by atoms with van der Waals surface area (Å²) in [6.45, 7) is 4.15. The maximum absolute atomic E-state index is 12.9. The summed E-state index contributed by atoms with van der Waals surface area (Å²) < 4.78 is 18.0. The standard InChI is InChI=1S/C25H27N3O4S/c1-15-7-6-8-20(16(15)2)28-25(18-13-33-14-19(18)27-28)26-23(29)10-9-17-11-21(30-3)24(32-5)22(12-17)31-4/h6-12H,13-14H2,1-5H3,(H,26,29). The van der Waals surface area contributed by atoms with Gasteiger partial charge in [0.15, 0.2) is 11.5 Å². The number of methoxy groups -OCH3 is 3. The van der Waals surface area contributed by atoms with Gasteiger partial charge in [0, 0.05) is 23.1 Å². The molecule has 33 heavy (non-hydrogen) atoms. The number of rotatable bonds is 7. The molecule has 8 heteroatoms. The molecule has 1 aromatic heterocycles. The van der Waals surface area contributed by atoms with Gasteiger partial charge in [-0.3, -0.25) is 4.79 Å². The summed E-state index contributed by atoms with van der Waals surface area (Å²) in [4.78, 5) is 12.9. The van der Waals surface area contributed by atoms with Crippen molar-refractivity contribution >= 4 is 29.6 Å². The highest BCUT2D eigenvalue weighted by Crippen LogP contribution is 2.39. The minimum atomic E-state index is -0.241. The summed E-state index contributed by atoms with van der Waals surface area (Å²) in [6, 6.07) is 9.69. The van der Waals surface area contributed by atoms with Crippen LogP contribution in [-0.2, 0) is 16.3 Å². The molecular weight excluding hydrogens is 438 g/mol. The molecule has 0 fully saturated rings. The van der Waals surface area contributed by atoms with Gasteiger partial charge < -0.3 is 19.5 Å². The summed E-state index contributed by atoms with van der Waals surface area (Å²) >= 11 is 1.80. The SMILES string of the molecule is COc1cc(C=CC(=O)Nc2c3c(nn2-c2cccc(C)c2C)CSC3)cc(OC)c1OC. The Morgan fingerprint density at radius 1 is 1.09 bits per heavy atom. The molecule has 0 saturated heterocycles. The maximum atomic E-state index is 12.9. The molecule has 0 bridgehead atoms. The number of carbonyl (C=O) groups is 1. The zero-order valence-electron chi connectivity index (χ0n) is 19.4. The van der Waals surface area contributed by atoms with Crippen LogP contribution in [-0.4, -0.2) is 37.0 Å². The van der Waals surface area contributed by atoms with Gasteiger partial charge in [-0.05, 0) is 54.8 Å². The van der Waals surface area contributed by atoms with E-state index in [1.807, 2.05) is 16.8 Å².